The number of anilines is 2. The van der Waals surface area contributed by atoms with Crippen molar-refractivity contribution in [3.05, 3.63) is 24.3 Å². The fourth-order valence-corrected chi connectivity index (χ4v) is 3.69. The zero-order valence-corrected chi connectivity index (χ0v) is 24.3. The van der Waals surface area contributed by atoms with Crippen molar-refractivity contribution in [2.24, 2.45) is 23.7 Å². The van der Waals surface area contributed by atoms with Gasteiger partial charge < -0.3 is 15.4 Å². The van der Waals surface area contributed by atoms with Crippen LogP contribution in [0.2, 0.25) is 0 Å². The molecule has 0 aliphatic rings. The fourth-order valence-electron chi connectivity index (χ4n) is 3.69. The summed E-state index contributed by atoms with van der Waals surface area (Å²) in [5, 5.41) is 5.63. The Labute approximate surface area is 227 Å². The zero-order valence-electron chi connectivity index (χ0n) is 24.3. The first-order valence-electron chi connectivity index (χ1n) is 13.6. The number of ketones is 1. The van der Waals surface area contributed by atoms with Gasteiger partial charge >= 0.3 is 0 Å². The van der Waals surface area contributed by atoms with E-state index in [1.165, 1.54) is 0 Å². The molecule has 3 N–H and O–H groups in total. The molecule has 0 saturated heterocycles. The number of carbonyl (C=O) groups is 4. The second-order valence-corrected chi connectivity index (χ2v) is 11.5. The van der Waals surface area contributed by atoms with Gasteiger partial charge in [-0.25, -0.2) is 5.48 Å². The molecular formula is C29H47N3O6. The molecule has 0 heterocycles. The van der Waals surface area contributed by atoms with E-state index in [4.69, 9.17) is 9.57 Å². The van der Waals surface area contributed by atoms with Gasteiger partial charge in [-0.2, -0.15) is 0 Å². The number of hydrogen-bond acceptors (Lipinski definition) is 6. The van der Waals surface area contributed by atoms with Crippen molar-refractivity contribution in [3.8, 4) is 0 Å². The van der Waals surface area contributed by atoms with Gasteiger partial charge in [0, 0.05) is 24.2 Å². The molecule has 1 aromatic rings. The monoisotopic (exact) mass is 533 g/mol. The highest BCUT2D eigenvalue weighted by Gasteiger charge is 2.24. The number of amides is 3. The molecule has 3 amide bonds. The Bertz CT molecular complexity index is 844. The van der Waals surface area contributed by atoms with Crippen LogP contribution in [0.5, 0.6) is 0 Å². The number of nitrogens with one attached hydrogen (secondary N) is 3. The zero-order chi connectivity index (χ0) is 28.8. The first-order chi connectivity index (χ1) is 17.8. The minimum atomic E-state index is -0.878. The number of hydrogen-bond donors (Lipinski definition) is 3. The third-order valence-corrected chi connectivity index (χ3v) is 5.34. The van der Waals surface area contributed by atoms with Crippen molar-refractivity contribution in [1.82, 2.24) is 5.48 Å². The highest BCUT2D eigenvalue weighted by molar-refractivity contribution is 5.97. The molecule has 0 saturated carbocycles. The summed E-state index contributed by atoms with van der Waals surface area (Å²) in [4.78, 5) is 55.5. The van der Waals surface area contributed by atoms with Crippen LogP contribution in [-0.2, 0) is 28.8 Å². The van der Waals surface area contributed by atoms with E-state index in [1.54, 1.807) is 24.3 Å². The second-order valence-electron chi connectivity index (χ2n) is 11.5. The van der Waals surface area contributed by atoms with E-state index in [9.17, 15) is 19.2 Å². The molecule has 38 heavy (non-hydrogen) atoms. The highest BCUT2D eigenvalue weighted by Crippen LogP contribution is 2.19. The first kappa shape index (κ1) is 33.2. The van der Waals surface area contributed by atoms with Crippen LogP contribution >= 0.6 is 0 Å². The average molecular weight is 534 g/mol. The van der Waals surface area contributed by atoms with Gasteiger partial charge in [0.25, 0.3) is 11.8 Å². The fraction of sp³-hybridized carbons (Fsp3) is 0.655. The number of Topliss-reactive ketones (excluding diaryl/α,β-unsaturated/α-hetero) is 1. The topological polar surface area (TPSA) is 123 Å². The van der Waals surface area contributed by atoms with Crippen LogP contribution < -0.4 is 16.1 Å². The lowest BCUT2D eigenvalue weighted by Gasteiger charge is -2.21. The molecule has 0 aliphatic heterocycles. The largest absolute Gasteiger partial charge is 0.361 e. The quantitative estimate of drug-likeness (QED) is 0.239. The molecular weight excluding hydrogens is 486 g/mol. The van der Waals surface area contributed by atoms with Crippen molar-refractivity contribution >= 4 is 34.9 Å². The van der Waals surface area contributed by atoms with E-state index in [0.717, 1.165) is 0 Å². The summed E-state index contributed by atoms with van der Waals surface area (Å²) < 4.78 is 5.70. The van der Waals surface area contributed by atoms with E-state index in [2.05, 4.69) is 16.1 Å². The summed E-state index contributed by atoms with van der Waals surface area (Å²) in [5.41, 5.74) is 3.33. The minimum Gasteiger partial charge on any atom is -0.361 e. The standard InChI is InChI=1S/C29H47N3O6/c1-18(2)12-24(33)17-37-25(13-19(3)4)28(35)30-22-10-9-11-23(16-22)31-29(36)26(14-20(5)6)38-32-27(34)15-21(7)8/h9-11,16,18-21,25-26H,12-15,17H2,1-8H3,(H,30,35)(H,31,36)(H,32,34)/t25-,26-/m1/s1. The number of benzene rings is 1. The van der Waals surface area contributed by atoms with Gasteiger partial charge in [0.05, 0.1) is 0 Å². The molecule has 9 heteroatoms. The summed E-state index contributed by atoms with van der Waals surface area (Å²) in [7, 11) is 0. The maximum absolute atomic E-state index is 13.0. The molecule has 9 nitrogen and oxygen atoms in total. The van der Waals surface area contributed by atoms with Gasteiger partial charge in [-0.05, 0) is 54.7 Å². The normalized spacial score (nSPS) is 13.1. The number of ether oxygens (including phenoxy) is 1. The maximum Gasteiger partial charge on any atom is 0.256 e. The number of hydroxylamine groups is 1. The lowest BCUT2D eigenvalue weighted by molar-refractivity contribution is -0.147. The smallest absolute Gasteiger partial charge is 0.256 e. The van der Waals surface area contributed by atoms with Crippen LogP contribution in [0.1, 0.15) is 81.1 Å². The Morgan fingerprint density at radius 2 is 1.21 bits per heavy atom. The summed E-state index contributed by atoms with van der Waals surface area (Å²) in [6.07, 6.45) is -0.0764. The third kappa shape index (κ3) is 14.2. The van der Waals surface area contributed by atoms with Crippen LogP contribution in [0, 0.1) is 23.7 Å². The molecule has 1 rings (SSSR count). The van der Waals surface area contributed by atoms with E-state index in [0.29, 0.717) is 37.1 Å². The molecule has 0 unspecified atom stereocenters. The summed E-state index contributed by atoms with van der Waals surface area (Å²) in [5.74, 6) is -0.340. The summed E-state index contributed by atoms with van der Waals surface area (Å²) in [6, 6.07) is 6.75. The molecule has 0 spiro atoms. The van der Waals surface area contributed by atoms with Gasteiger partial charge in [0.15, 0.2) is 11.9 Å². The van der Waals surface area contributed by atoms with Gasteiger partial charge in [-0.3, -0.25) is 24.0 Å². The van der Waals surface area contributed by atoms with E-state index in [1.807, 2.05) is 55.4 Å². The van der Waals surface area contributed by atoms with Crippen molar-refractivity contribution in [1.29, 1.82) is 0 Å². The van der Waals surface area contributed by atoms with E-state index in [-0.39, 0.29) is 47.9 Å². The predicted octanol–water partition coefficient (Wildman–Crippen LogP) is 5.12. The van der Waals surface area contributed by atoms with Crippen molar-refractivity contribution in [3.63, 3.8) is 0 Å². The average Bonchev–Trinajstić information content (AvgIpc) is 2.78. The Hall–Kier alpha value is -2.78. The lowest BCUT2D eigenvalue weighted by Crippen LogP contribution is -2.38. The highest BCUT2D eigenvalue weighted by atomic mass is 16.7. The summed E-state index contributed by atoms with van der Waals surface area (Å²) in [6.45, 7) is 15.5. The molecule has 0 aliphatic carbocycles. The van der Waals surface area contributed by atoms with Crippen molar-refractivity contribution in [2.75, 3.05) is 17.2 Å². The predicted molar refractivity (Wildman–Crippen MR) is 149 cm³/mol. The van der Waals surface area contributed by atoms with Gasteiger partial charge in [-0.1, -0.05) is 61.5 Å². The molecule has 0 fully saturated rings. The van der Waals surface area contributed by atoms with Crippen molar-refractivity contribution < 1.29 is 28.8 Å². The van der Waals surface area contributed by atoms with E-state index >= 15 is 0 Å². The minimum absolute atomic E-state index is 0.0372. The lowest BCUT2D eigenvalue weighted by atomic mass is 10.0. The van der Waals surface area contributed by atoms with Crippen LogP contribution in [0.3, 0.4) is 0 Å². The Morgan fingerprint density at radius 1 is 0.711 bits per heavy atom. The number of rotatable bonds is 17. The maximum atomic E-state index is 13.0. The van der Waals surface area contributed by atoms with Crippen LogP contribution in [0.15, 0.2) is 24.3 Å². The van der Waals surface area contributed by atoms with Crippen LogP contribution in [0.4, 0.5) is 11.4 Å². The second kappa shape index (κ2) is 16.9. The van der Waals surface area contributed by atoms with Gasteiger partial charge in [0.1, 0.15) is 12.7 Å². The molecule has 1 aromatic carbocycles. The van der Waals surface area contributed by atoms with Crippen molar-refractivity contribution in [2.45, 2.75) is 93.3 Å². The molecule has 0 aromatic heterocycles. The van der Waals surface area contributed by atoms with E-state index < -0.39 is 18.1 Å². The Kier molecular flexibility index (Phi) is 14.8. The molecule has 2 atom stereocenters. The van der Waals surface area contributed by atoms with Crippen LogP contribution in [-0.4, -0.2) is 42.3 Å². The third-order valence-electron chi connectivity index (χ3n) is 5.34. The SMILES string of the molecule is CC(C)CC(=O)CO[C@H](CC(C)C)C(=O)Nc1cccc(NC(=O)[C@@H](CC(C)C)ONC(=O)CC(C)C)c1. The first-order valence-corrected chi connectivity index (χ1v) is 13.6. The molecule has 214 valence electrons. The Morgan fingerprint density at radius 3 is 1.71 bits per heavy atom. The molecule has 0 bridgehead atoms. The Balaban J connectivity index is 2.85. The van der Waals surface area contributed by atoms with Gasteiger partial charge in [0.2, 0.25) is 5.91 Å². The van der Waals surface area contributed by atoms with Gasteiger partial charge in [-0.15, -0.1) is 0 Å². The van der Waals surface area contributed by atoms with Crippen LogP contribution in [0.25, 0.3) is 0 Å². The number of carbonyl (C=O) groups excluding carboxylic acids is 4. The summed E-state index contributed by atoms with van der Waals surface area (Å²) >= 11 is 0. The molecule has 0 radical (unpaired) electrons.